The predicted molar refractivity (Wildman–Crippen MR) is 43.9 cm³/mol. The number of hydrogen-bond donors (Lipinski definition) is 2. The van der Waals surface area contributed by atoms with Gasteiger partial charge >= 0.3 is 6.03 Å². The van der Waals surface area contributed by atoms with Gasteiger partial charge in [-0.1, -0.05) is 0 Å². The van der Waals surface area contributed by atoms with Crippen molar-refractivity contribution in [2.24, 2.45) is 5.73 Å². The molecule has 66 valence electrons. The molecule has 2 amide bonds. The van der Waals surface area contributed by atoms with E-state index in [4.69, 9.17) is 5.73 Å². The minimum Gasteiger partial charge on any atom is -0.352 e. The first kappa shape index (κ1) is 10.2. The molecule has 0 saturated heterocycles. The van der Waals surface area contributed by atoms with Crippen LogP contribution in [0.5, 0.6) is 0 Å². The van der Waals surface area contributed by atoms with Gasteiger partial charge < -0.3 is 11.1 Å². The van der Waals surface area contributed by atoms with Gasteiger partial charge in [-0.2, -0.15) is 0 Å². The van der Waals surface area contributed by atoms with E-state index in [1.807, 2.05) is 38.0 Å². The lowest BCUT2D eigenvalue weighted by molar-refractivity contribution is 0.104. The summed E-state index contributed by atoms with van der Waals surface area (Å²) >= 11 is 0. The van der Waals surface area contributed by atoms with E-state index in [1.165, 1.54) is 0 Å². The van der Waals surface area contributed by atoms with Crippen molar-refractivity contribution >= 4 is 6.03 Å². The highest BCUT2D eigenvalue weighted by molar-refractivity contribution is 5.71. The molecular formula is C6H16N4O. The van der Waals surface area contributed by atoms with E-state index >= 15 is 0 Å². The molecule has 0 aliphatic carbocycles. The number of hydrogen-bond acceptors (Lipinski definition) is 3. The lowest BCUT2D eigenvalue weighted by Crippen LogP contribution is -2.54. The Morgan fingerprint density at radius 1 is 1.27 bits per heavy atom. The second kappa shape index (κ2) is 4.15. The Bertz CT molecular complexity index is 127. The Hall–Kier alpha value is -0.810. The van der Waals surface area contributed by atoms with Gasteiger partial charge in [0.2, 0.25) is 0 Å². The number of urea groups is 1. The van der Waals surface area contributed by atoms with Gasteiger partial charge in [0, 0.05) is 0 Å². The highest BCUT2D eigenvalue weighted by Crippen LogP contribution is 1.90. The molecule has 0 spiro atoms. The van der Waals surface area contributed by atoms with E-state index in [-0.39, 0.29) is 6.29 Å². The van der Waals surface area contributed by atoms with Crippen molar-refractivity contribution in [2.45, 2.75) is 6.29 Å². The molecule has 0 unspecified atom stereocenters. The molecule has 0 aromatic rings. The Balaban J connectivity index is 4.00. The number of nitrogens with one attached hydrogen (secondary N) is 1. The monoisotopic (exact) mass is 160 g/mol. The normalized spacial score (nSPS) is 11.2. The summed E-state index contributed by atoms with van der Waals surface area (Å²) in [7, 11) is 7.45. The summed E-state index contributed by atoms with van der Waals surface area (Å²) in [6.45, 7) is 0. The molecule has 0 aromatic heterocycles. The molecule has 0 rings (SSSR count). The van der Waals surface area contributed by atoms with Crippen LogP contribution in [0.15, 0.2) is 0 Å². The van der Waals surface area contributed by atoms with Crippen molar-refractivity contribution in [3.63, 3.8) is 0 Å². The standard InChI is InChI=1S/C6H16N4O/c1-9(2)6(10(3)4)8-5(7)11/h6H,1-4H3,(H3,7,8,11). The Morgan fingerprint density at radius 2 is 1.64 bits per heavy atom. The topological polar surface area (TPSA) is 61.6 Å². The van der Waals surface area contributed by atoms with Crippen LogP contribution in [0.1, 0.15) is 0 Å². The molecule has 0 atom stereocenters. The maximum atomic E-state index is 10.5. The second-order valence-electron chi connectivity index (χ2n) is 2.81. The third-order valence-electron chi connectivity index (χ3n) is 1.25. The van der Waals surface area contributed by atoms with Gasteiger partial charge in [-0.3, -0.25) is 9.80 Å². The van der Waals surface area contributed by atoms with Gasteiger partial charge in [-0.05, 0) is 28.2 Å². The maximum absolute atomic E-state index is 10.5. The molecule has 5 nitrogen and oxygen atoms in total. The lowest BCUT2D eigenvalue weighted by Gasteiger charge is -2.30. The first-order valence-corrected chi connectivity index (χ1v) is 3.34. The Kier molecular flexibility index (Phi) is 3.84. The quantitative estimate of drug-likeness (QED) is 0.524. The number of carbonyl (C=O) groups excluding carboxylic acids is 1. The SMILES string of the molecule is CN(C)C(NC(N)=O)N(C)C. The average Bonchev–Trinajstić information content (AvgIpc) is 1.81. The first-order valence-electron chi connectivity index (χ1n) is 3.34. The summed E-state index contributed by atoms with van der Waals surface area (Å²) in [5, 5.41) is 2.57. The largest absolute Gasteiger partial charge is 0.352 e. The smallest absolute Gasteiger partial charge is 0.314 e. The van der Waals surface area contributed by atoms with E-state index in [0.29, 0.717) is 0 Å². The molecule has 11 heavy (non-hydrogen) atoms. The molecule has 0 bridgehead atoms. The van der Waals surface area contributed by atoms with E-state index in [0.717, 1.165) is 0 Å². The van der Waals surface area contributed by atoms with Gasteiger partial charge in [0.1, 0.15) is 6.29 Å². The third kappa shape index (κ3) is 3.79. The summed E-state index contributed by atoms with van der Waals surface area (Å²) in [5.74, 6) is 0. The molecule has 0 fully saturated rings. The van der Waals surface area contributed by atoms with Crippen molar-refractivity contribution < 1.29 is 4.79 Å². The third-order valence-corrected chi connectivity index (χ3v) is 1.25. The van der Waals surface area contributed by atoms with Crippen LogP contribution >= 0.6 is 0 Å². The summed E-state index contributed by atoms with van der Waals surface area (Å²) in [6.07, 6.45) is -0.146. The van der Waals surface area contributed by atoms with Crippen LogP contribution in [0.4, 0.5) is 4.79 Å². The Labute approximate surface area is 67.1 Å². The molecule has 0 aromatic carbocycles. The number of nitrogens with zero attached hydrogens (tertiary/aromatic N) is 2. The summed E-state index contributed by atoms with van der Waals surface area (Å²) in [5.41, 5.74) is 4.97. The first-order chi connectivity index (χ1) is 4.95. The second-order valence-corrected chi connectivity index (χ2v) is 2.81. The van der Waals surface area contributed by atoms with E-state index < -0.39 is 6.03 Å². The molecule has 0 heterocycles. The van der Waals surface area contributed by atoms with Gasteiger partial charge in [0.05, 0.1) is 0 Å². The fourth-order valence-electron chi connectivity index (χ4n) is 0.847. The zero-order valence-corrected chi connectivity index (χ0v) is 7.46. The predicted octanol–water partition coefficient (Wildman–Crippen LogP) is -0.938. The maximum Gasteiger partial charge on any atom is 0.314 e. The average molecular weight is 160 g/mol. The highest BCUT2D eigenvalue weighted by atomic mass is 16.2. The molecule has 0 aliphatic rings. The number of primary amides is 1. The summed E-state index contributed by atoms with van der Waals surface area (Å²) in [6, 6.07) is -0.516. The number of amides is 2. The van der Waals surface area contributed by atoms with Gasteiger partial charge in [0.25, 0.3) is 0 Å². The van der Waals surface area contributed by atoms with Gasteiger partial charge in [0.15, 0.2) is 0 Å². The molecule has 5 heteroatoms. The molecule has 0 radical (unpaired) electrons. The molecule has 3 N–H and O–H groups in total. The highest BCUT2D eigenvalue weighted by Gasteiger charge is 2.13. The number of rotatable bonds is 3. The number of carbonyl (C=O) groups is 1. The van der Waals surface area contributed by atoms with E-state index in [9.17, 15) is 4.79 Å². The van der Waals surface area contributed by atoms with Crippen molar-refractivity contribution in [2.75, 3.05) is 28.2 Å². The molecule has 0 aliphatic heterocycles. The fraction of sp³-hybridized carbons (Fsp3) is 0.833. The number of nitrogens with two attached hydrogens (primary N) is 1. The van der Waals surface area contributed by atoms with Crippen LogP contribution in [0.3, 0.4) is 0 Å². The minimum absolute atomic E-state index is 0.146. The van der Waals surface area contributed by atoms with Crippen molar-refractivity contribution in [3.8, 4) is 0 Å². The minimum atomic E-state index is -0.516. The van der Waals surface area contributed by atoms with Crippen molar-refractivity contribution in [1.29, 1.82) is 0 Å². The summed E-state index contributed by atoms with van der Waals surface area (Å²) in [4.78, 5) is 14.2. The zero-order chi connectivity index (χ0) is 9.02. The van der Waals surface area contributed by atoms with Crippen LogP contribution in [-0.2, 0) is 0 Å². The van der Waals surface area contributed by atoms with Gasteiger partial charge in [-0.15, -0.1) is 0 Å². The fourth-order valence-corrected chi connectivity index (χ4v) is 0.847. The Morgan fingerprint density at radius 3 is 1.73 bits per heavy atom. The molecule has 0 saturated carbocycles. The van der Waals surface area contributed by atoms with Crippen molar-refractivity contribution in [3.05, 3.63) is 0 Å². The summed E-state index contributed by atoms with van der Waals surface area (Å²) < 4.78 is 0. The van der Waals surface area contributed by atoms with Crippen LogP contribution in [0, 0.1) is 0 Å². The van der Waals surface area contributed by atoms with Crippen LogP contribution < -0.4 is 11.1 Å². The zero-order valence-electron chi connectivity index (χ0n) is 7.46. The lowest BCUT2D eigenvalue weighted by atomic mass is 10.6. The van der Waals surface area contributed by atoms with Gasteiger partial charge in [-0.25, -0.2) is 4.79 Å². The van der Waals surface area contributed by atoms with E-state index in [1.54, 1.807) is 0 Å². The van der Waals surface area contributed by atoms with Crippen molar-refractivity contribution in [1.82, 2.24) is 15.1 Å². The van der Waals surface area contributed by atoms with Crippen LogP contribution in [-0.4, -0.2) is 50.3 Å². The van der Waals surface area contributed by atoms with E-state index in [2.05, 4.69) is 5.32 Å². The molecular weight excluding hydrogens is 144 g/mol. The van der Waals surface area contributed by atoms with Crippen LogP contribution in [0.25, 0.3) is 0 Å². The van der Waals surface area contributed by atoms with Crippen LogP contribution in [0.2, 0.25) is 0 Å².